The van der Waals surface area contributed by atoms with E-state index < -0.39 is 12.0 Å². The molecule has 2 aromatic rings. The molecule has 0 radical (unpaired) electrons. The number of rotatable bonds is 3. The number of hydrogen-bond acceptors (Lipinski definition) is 3. The highest BCUT2D eigenvalue weighted by Gasteiger charge is 2.31. The van der Waals surface area contributed by atoms with Crippen LogP contribution >= 0.6 is 12.4 Å². The molecule has 2 N–H and O–H groups in total. The van der Waals surface area contributed by atoms with Crippen LogP contribution in [0.15, 0.2) is 48.5 Å². The Morgan fingerprint density at radius 2 is 1.96 bits per heavy atom. The van der Waals surface area contributed by atoms with Gasteiger partial charge in [-0.15, -0.1) is 12.4 Å². The number of hydrogen-bond donors (Lipinski definition) is 1. The van der Waals surface area contributed by atoms with Crippen molar-refractivity contribution in [2.75, 3.05) is 18.1 Å². The Bertz CT molecular complexity index is 711. The van der Waals surface area contributed by atoms with Gasteiger partial charge in [-0.25, -0.2) is 4.39 Å². The molecule has 3 rings (SSSR count). The van der Waals surface area contributed by atoms with E-state index in [0.717, 1.165) is 5.56 Å². The lowest BCUT2D eigenvalue weighted by atomic mass is 9.94. The van der Waals surface area contributed by atoms with Crippen molar-refractivity contribution in [3.05, 3.63) is 59.9 Å². The molecule has 0 spiro atoms. The van der Waals surface area contributed by atoms with E-state index in [-0.39, 0.29) is 24.1 Å². The molecule has 1 amide bonds. The first-order valence-electron chi connectivity index (χ1n) is 7.62. The van der Waals surface area contributed by atoms with E-state index in [2.05, 4.69) is 0 Å². The fraction of sp³-hybridized carbons (Fsp3) is 0.278. The summed E-state index contributed by atoms with van der Waals surface area (Å²) in [6.45, 7) is 2.59. The number of nitrogens with two attached hydrogens (primary N) is 1. The summed E-state index contributed by atoms with van der Waals surface area (Å²) in [5, 5.41) is 0. The molecule has 0 bridgehead atoms. The van der Waals surface area contributed by atoms with E-state index in [1.165, 1.54) is 12.1 Å². The van der Waals surface area contributed by atoms with Crippen LogP contribution in [0, 0.1) is 11.7 Å². The third-order valence-corrected chi connectivity index (χ3v) is 4.16. The van der Waals surface area contributed by atoms with Crippen molar-refractivity contribution in [1.82, 2.24) is 0 Å². The Morgan fingerprint density at radius 1 is 1.25 bits per heavy atom. The molecule has 2 aromatic carbocycles. The first kappa shape index (κ1) is 18.2. The zero-order valence-electron chi connectivity index (χ0n) is 13.3. The van der Waals surface area contributed by atoms with Crippen LogP contribution in [0.25, 0.3) is 0 Å². The zero-order chi connectivity index (χ0) is 16.4. The second-order valence-electron chi connectivity index (χ2n) is 5.68. The standard InChI is InChI=1S/C18H19FN2O2.ClH/c1-12(17(20)13-5-3-2-4-6-13)18(22)21-9-10-23-16-11-14(19)7-8-15(16)21;/h2-8,11-12,17H,9-10,20H2,1H3;1H. The summed E-state index contributed by atoms with van der Waals surface area (Å²) in [6, 6.07) is 13.4. The van der Waals surface area contributed by atoms with Gasteiger partial charge in [0.2, 0.25) is 5.91 Å². The highest BCUT2D eigenvalue weighted by atomic mass is 35.5. The van der Waals surface area contributed by atoms with Crippen molar-refractivity contribution in [3.8, 4) is 5.75 Å². The molecule has 4 nitrogen and oxygen atoms in total. The second kappa shape index (κ2) is 7.64. The largest absolute Gasteiger partial charge is 0.489 e. The number of nitrogens with zero attached hydrogens (tertiary/aromatic N) is 1. The fourth-order valence-electron chi connectivity index (χ4n) is 2.79. The molecular formula is C18H20ClFN2O2. The fourth-order valence-corrected chi connectivity index (χ4v) is 2.79. The van der Waals surface area contributed by atoms with Gasteiger partial charge in [0, 0.05) is 12.1 Å². The van der Waals surface area contributed by atoms with E-state index in [0.29, 0.717) is 24.6 Å². The summed E-state index contributed by atoms with van der Waals surface area (Å²) < 4.78 is 18.8. The molecule has 0 aromatic heterocycles. The van der Waals surface area contributed by atoms with Gasteiger partial charge in [-0.1, -0.05) is 37.3 Å². The van der Waals surface area contributed by atoms with Gasteiger partial charge in [-0.2, -0.15) is 0 Å². The molecule has 6 heteroatoms. The van der Waals surface area contributed by atoms with E-state index in [1.54, 1.807) is 11.0 Å². The van der Waals surface area contributed by atoms with Crippen LogP contribution in [0.2, 0.25) is 0 Å². The minimum Gasteiger partial charge on any atom is -0.489 e. The molecule has 1 aliphatic heterocycles. The Labute approximate surface area is 146 Å². The van der Waals surface area contributed by atoms with Gasteiger partial charge in [0.1, 0.15) is 18.2 Å². The van der Waals surface area contributed by atoms with Gasteiger partial charge in [0.05, 0.1) is 18.2 Å². The van der Waals surface area contributed by atoms with Crippen molar-refractivity contribution in [2.45, 2.75) is 13.0 Å². The number of ether oxygens (including phenoxy) is 1. The maximum Gasteiger partial charge on any atom is 0.231 e. The topological polar surface area (TPSA) is 55.6 Å². The van der Waals surface area contributed by atoms with Crippen LogP contribution in [0.3, 0.4) is 0 Å². The van der Waals surface area contributed by atoms with Crippen molar-refractivity contribution >= 4 is 24.0 Å². The second-order valence-corrected chi connectivity index (χ2v) is 5.68. The number of anilines is 1. The normalized spacial score (nSPS) is 15.5. The quantitative estimate of drug-likeness (QED) is 0.924. The molecular weight excluding hydrogens is 331 g/mol. The predicted molar refractivity (Wildman–Crippen MR) is 94.0 cm³/mol. The van der Waals surface area contributed by atoms with Gasteiger partial charge >= 0.3 is 0 Å². The van der Waals surface area contributed by atoms with Crippen molar-refractivity contribution in [3.63, 3.8) is 0 Å². The van der Waals surface area contributed by atoms with Gasteiger partial charge < -0.3 is 15.4 Å². The zero-order valence-corrected chi connectivity index (χ0v) is 14.1. The van der Waals surface area contributed by atoms with Crippen LogP contribution in [-0.2, 0) is 4.79 Å². The smallest absolute Gasteiger partial charge is 0.231 e. The SMILES string of the molecule is CC(C(=O)N1CCOc2cc(F)ccc21)C(N)c1ccccc1.Cl. The average molecular weight is 351 g/mol. The van der Waals surface area contributed by atoms with Gasteiger partial charge in [-0.05, 0) is 17.7 Å². The van der Waals surface area contributed by atoms with Crippen LogP contribution < -0.4 is 15.4 Å². The highest BCUT2D eigenvalue weighted by molar-refractivity contribution is 5.97. The molecule has 24 heavy (non-hydrogen) atoms. The maximum atomic E-state index is 13.3. The van der Waals surface area contributed by atoms with Crippen LogP contribution in [0.4, 0.5) is 10.1 Å². The number of benzene rings is 2. The number of halogens is 2. The van der Waals surface area contributed by atoms with Crippen LogP contribution in [-0.4, -0.2) is 19.1 Å². The predicted octanol–water partition coefficient (Wildman–Crippen LogP) is 3.31. The summed E-state index contributed by atoms with van der Waals surface area (Å²) >= 11 is 0. The van der Waals surface area contributed by atoms with Crippen molar-refractivity contribution in [1.29, 1.82) is 0 Å². The lowest BCUT2D eigenvalue weighted by Crippen LogP contribution is -2.43. The molecule has 2 atom stereocenters. The number of carbonyl (C=O) groups excluding carboxylic acids is 1. The Hall–Kier alpha value is -2.11. The molecule has 0 saturated heterocycles. The van der Waals surface area contributed by atoms with E-state index in [9.17, 15) is 9.18 Å². The number of amides is 1. The van der Waals surface area contributed by atoms with E-state index in [1.807, 2.05) is 37.3 Å². The van der Waals surface area contributed by atoms with Crippen molar-refractivity contribution in [2.24, 2.45) is 11.7 Å². The third-order valence-electron chi connectivity index (χ3n) is 4.16. The lowest BCUT2D eigenvalue weighted by Gasteiger charge is -2.33. The van der Waals surface area contributed by atoms with Crippen LogP contribution in [0.1, 0.15) is 18.5 Å². The van der Waals surface area contributed by atoms with Crippen molar-refractivity contribution < 1.29 is 13.9 Å². The monoisotopic (exact) mass is 350 g/mol. The minimum atomic E-state index is -0.395. The lowest BCUT2D eigenvalue weighted by molar-refractivity contribution is -0.122. The summed E-state index contributed by atoms with van der Waals surface area (Å²) in [6.07, 6.45) is 0. The molecule has 1 heterocycles. The maximum absolute atomic E-state index is 13.3. The Kier molecular flexibility index (Phi) is 5.80. The average Bonchev–Trinajstić information content (AvgIpc) is 2.59. The van der Waals surface area contributed by atoms with E-state index in [4.69, 9.17) is 10.5 Å². The van der Waals surface area contributed by atoms with Gasteiger partial charge in [-0.3, -0.25) is 4.79 Å². The molecule has 0 aliphatic carbocycles. The molecule has 0 fully saturated rings. The number of carbonyl (C=O) groups is 1. The third kappa shape index (κ3) is 3.52. The first-order valence-corrected chi connectivity index (χ1v) is 7.62. The molecule has 2 unspecified atom stereocenters. The summed E-state index contributed by atoms with van der Waals surface area (Å²) in [5.74, 6) is -0.469. The summed E-state index contributed by atoms with van der Waals surface area (Å²) in [5.41, 5.74) is 7.76. The number of fused-ring (bicyclic) bond motifs is 1. The van der Waals surface area contributed by atoms with Gasteiger partial charge in [0.25, 0.3) is 0 Å². The molecule has 1 aliphatic rings. The molecule has 0 saturated carbocycles. The van der Waals surface area contributed by atoms with Gasteiger partial charge in [0.15, 0.2) is 0 Å². The van der Waals surface area contributed by atoms with Crippen LogP contribution in [0.5, 0.6) is 5.75 Å². The Morgan fingerprint density at radius 3 is 2.67 bits per heavy atom. The molecule has 128 valence electrons. The summed E-state index contributed by atoms with van der Waals surface area (Å²) in [7, 11) is 0. The van der Waals surface area contributed by atoms with E-state index >= 15 is 0 Å². The Balaban J connectivity index is 0.00000208. The first-order chi connectivity index (χ1) is 11.1. The highest BCUT2D eigenvalue weighted by Crippen LogP contribution is 2.34. The minimum absolute atomic E-state index is 0. The summed E-state index contributed by atoms with van der Waals surface area (Å²) in [4.78, 5) is 14.5.